The van der Waals surface area contributed by atoms with E-state index < -0.39 is 0 Å². The number of anilines is 1. The molecule has 3 heteroatoms. The van der Waals surface area contributed by atoms with Crippen molar-refractivity contribution in [2.45, 2.75) is 26.7 Å². The van der Waals surface area contributed by atoms with Gasteiger partial charge >= 0.3 is 0 Å². The van der Waals surface area contributed by atoms with Crippen LogP contribution in [0.1, 0.15) is 26.7 Å². The maximum atomic E-state index is 12.8. The third-order valence-electron chi connectivity index (χ3n) is 3.03. The zero-order valence-corrected chi connectivity index (χ0v) is 11.7. The van der Waals surface area contributed by atoms with E-state index in [9.17, 15) is 4.39 Å². The molecular weight excluding hydrogens is 227 g/mol. The van der Waals surface area contributed by atoms with Gasteiger partial charge in [0, 0.05) is 25.8 Å². The molecule has 1 N–H and O–H groups in total. The van der Waals surface area contributed by atoms with Gasteiger partial charge in [0.2, 0.25) is 0 Å². The third-order valence-corrected chi connectivity index (χ3v) is 3.03. The van der Waals surface area contributed by atoms with Crippen LogP contribution < -0.4 is 10.2 Å². The molecule has 0 fully saturated rings. The van der Waals surface area contributed by atoms with Crippen LogP contribution in [-0.2, 0) is 0 Å². The minimum absolute atomic E-state index is 0.182. The second kappa shape index (κ2) is 8.09. The van der Waals surface area contributed by atoms with Crippen LogP contribution in [0, 0.1) is 11.7 Å². The van der Waals surface area contributed by atoms with E-state index in [1.165, 1.54) is 25.0 Å². The fourth-order valence-corrected chi connectivity index (χ4v) is 1.83. The minimum atomic E-state index is -0.182. The average Bonchev–Trinajstić information content (AvgIpc) is 2.34. The van der Waals surface area contributed by atoms with Gasteiger partial charge in [0.15, 0.2) is 0 Å². The van der Waals surface area contributed by atoms with E-state index in [1.807, 2.05) is 19.2 Å². The first kappa shape index (κ1) is 15.0. The van der Waals surface area contributed by atoms with E-state index in [0.29, 0.717) is 0 Å². The predicted molar refractivity (Wildman–Crippen MR) is 76.6 cm³/mol. The molecule has 102 valence electrons. The summed E-state index contributed by atoms with van der Waals surface area (Å²) in [5.41, 5.74) is 1.06. The molecule has 0 saturated heterocycles. The SMILES string of the molecule is CC(C)CCCNCCN(C)c1ccc(F)cc1. The first-order valence-corrected chi connectivity index (χ1v) is 6.77. The first-order chi connectivity index (χ1) is 8.59. The number of nitrogens with one attached hydrogen (secondary N) is 1. The van der Waals surface area contributed by atoms with E-state index in [2.05, 4.69) is 24.1 Å². The molecule has 0 aliphatic heterocycles. The van der Waals surface area contributed by atoms with Crippen molar-refractivity contribution in [3.63, 3.8) is 0 Å². The lowest BCUT2D eigenvalue weighted by Gasteiger charge is -2.19. The number of halogens is 1. The molecule has 1 rings (SSSR count). The molecular formula is C15H25FN2. The lowest BCUT2D eigenvalue weighted by molar-refractivity contribution is 0.529. The number of nitrogens with zero attached hydrogens (tertiary/aromatic N) is 1. The number of likely N-dealkylation sites (N-methyl/N-ethyl adjacent to an activating group) is 1. The van der Waals surface area contributed by atoms with Gasteiger partial charge in [-0.2, -0.15) is 0 Å². The number of hydrogen-bond acceptors (Lipinski definition) is 2. The van der Waals surface area contributed by atoms with Crippen LogP contribution in [0.2, 0.25) is 0 Å². The highest BCUT2D eigenvalue weighted by Crippen LogP contribution is 2.12. The summed E-state index contributed by atoms with van der Waals surface area (Å²) in [6, 6.07) is 6.63. The standard InChI is InChI=1S/C15H25FN2/c1-13(2)5-4-10-17-11-12-18(3)15-8-6-14(16)7-9-15/h6-9,13,17H,4-5,10-12H2,1-3H3. The van der Waals surface area contributed by atoms with Gasteiger partial charge in [-0.05, 0) is 49.6 Å². The van der Waals surface area contributed by atoms with Crippen LogP contribution in [0.3, 0.4) is 0 Å². The summed E-state index contributed by atoms with van der Waals surface area (Å²) in [6.45, 7) is 7.49. The normalized spacial score (nSPS) is 10.9. The van der Waals surface area contributed by atoms with Gasteiger partial charge in [0.05, 0.1) is 0 Å². The number of benzene rings is 1. The van der Waals surface area contributed by atoms with Crippen molar-refractivity contribution in [3.05, 3.63) is 30.1 Å². The minimum Gasteiger partial charge on any atom is -0.373 e. The molecule has 0 atom stereocenters. The Labute approximate surface area is 110 Å². The van der Waals surface area contributed by atoms with Crippen molar-refractivity contribution in [1.82, 2.24) is 5.32 Å². The summed E-state index contributed by atoms with van der Waals surface area (Å²) in [5, 5.41) is 3.44. The molecule has 18 heavy (non-hydrogen) atoms. The molecule has 0 aliphatic rings. The Morgan fingerprint density at radius 2 is 1.83 bits per heavy atom. The zero-order valence-electron chi connectivity index (χ0n) is 11.7. The second-order valence-electron chi connectivity index (χ2n) is 5.18. The number of rotatable bonds is 8. The Kier molecular flexibility index (Phi) is 6.73. The number of hydrogen-bond donors (Lipinski definition) is 1. The molecule has 0 bridgehead atoms. The van der Waals surface area contributed by atoms with Crippen LogP contribution >= 0.6 is 0 Å². The van der Waals surface area contributed by atoms with E-state index in [1.54, 1.807) is 0 Å². The fourth-order valence-electron chi connectivity index (χ4n) is 1.83. The molecule has 0 spiro atoms. The molecule has 0 aliphatic carbocycles. The van der Waals surface area contributed by atoms with Crippen LogP contribution in [0.5, 0.6) is 0 Å². The monoisotopic (exact) mass is 252 g/mol. The molecule has 0 amide bonds. The van der Waals surface area contributed by atoms with Gasteiger partial charge in [0.1, 0.15) is 5.82 Å². The van der Waals surface area contributed by atoms with Crippen LogP contribution in [0.15, 0.2) is 24.3 Å². The van der Waals surface area contributed by atoms with Gasteiger partial charge in [-0.25, -0.2) is 4.39 Å². The van der Waals surface area contributed by atoms with Gasteiger partial charge in [-0.1, -0.05) is 13.8 Å². The van der Waals surface area contributed by atoms with Crippen LogP contribution in [0.4, 0.5) is 10.1 Å². The van der Waals surface area contributed by atoms with Crippen molar-refractivity contribution >= 4 is 5.69 Å². The molecule has 1 aromatic carbocycles. The second-order valence-corrected chi connectivity index (χ2v) is 5.18. The Balaban J connectivity index is 2.13. The van der Waals surface area contributed by atoms with Crippen LogP contribution in [0.25, 0.3) is 0 Å². The van der Waals surface area contributed by atoms with Gasteiger partial charge in [0.25, 0.3) is 0 Å². The summed E-state index contributed by atoms with van der Waals surface area (Å²) >= 11 is 0. The van der Waals surface area contributed by atoms with Crippen molar-refractivity contribution in [3.8, 4) is 0 Å². The summed E-state index contributed by atoms with van der Waals surface area (Å²) < 4.78 is 12.8. The summed E-state index contributed by atoms with van der Waals surface area (Å²) in [5.74, 6) is 0.604. The molecule has 0 radical (unpaired) electrons. The largest absolute Gasteiger partial charge is 0.373 e. The molecule has 2 nitrogen and oxygen atoms in total. The predicted octanol–water partition coefficient (Wildman–Crippen LogP) is 3.29. The van der Waals surface area contributed by atoms with Gasteiger partial charge in [-0.15, -0.1) is 0 Å². The van der Waals surface area contributed by atoms with Crippen LogP contribution in [-0.4, -0.2) is 26.7 Å². The Morgan fingerprint density at radius 3 is 2.44 bits per heavy atom. The average molecular weight is 252 g/mol. The lowest BCUT2D eigenvalue weighted by Crippen LogP contribution is -2.29. The smallest absolute Gasteiger partial charge is 0.123 e. The van der Waals surface area contributed by atoms with E-state index in [4.69, 9.17) is 0 Å². The maximum Gasteiger partial charge on any atom is 0.123 e. The van der Waals surface area contributed by atoms with Crippen molar-refractivity contribution < 1.29 is 4.39 Å². The summed E-state index contributed by atoms with van der Waals surface area (Å²) in [6.07, 6.45) is 2.51. The third kappa shape index (κ3) is 6.01. The summed E-state index contributed by atoms with van der Waals surface area (Å²) in [4.78, 5) is 2.13. The zero-order chi connectivity index (χ0) is 13.4. The highest BCUT2D eigenvalue weighted by molar-refractivity contribution is 5.45. The fraction of sp³-hybridized carbons (Fsp3) is 0.600. The quantitative estimate of drug-likeness (QED) is 0.714. The van der Waals surface area contributed by atoms with Gasteiger partial charge in [-0.3, -0.25) is 0 Å². The molecule has 0 saturated carbocycles. The Hall–Kier alpha value is -1.09. The van der Waals surface area contributed by atoms with E-state index >= 15 is 0 Å². The highest BCUT2D eigenvalue weighted by Gasteiger charge is 2.00. The highest BCUT2D eigenvalue weighted by atomic mass is 19.1. The summed E-state index contributed by atoms with van der Waals surface area (Å²) in [7, 11) is 2.03. The lowest BCUT2D eigenvalue weighted by atomic mass is 10.1. The Morgan fingerprint density at radius 1 is 1.17 bits per heavy atom. The molecule has 0 unspecified atom stereocenters. The topological polar surface area (TPSA) is 15.3 Å². The van der Waals surface area contributed by atoms with Crippen molar-refractivity contribution in [1.29, 1.82) is 0 Å². The van der Waals surface area contributed by atoms with E-state index in [-0.39, 0.29) is 5.82 Å². The molecule has 1 aromatic rings. The van der Waals surface area contributed by atoms with E-state index in [0.717, 1.165) is 31.2 Å². The van der Waals surface area contributed by atoms with Crippen molar-refractivity contribution in [2.75, 3.05) is 31.6 Å². The first-order valence-electron chi connectivity index (χ1n) is 6.77. The molecule has 0 heterocycles. The van der Waals surface area contributed by atoms with Crippen molar-refractivity contribution in [2.24, 2.45) is 5.92 Å². The molecule has 0 aromatic heterocycles. The van der Waals surface area contributed by atoms with Gasteiger partial charge < -0.3 is 10.2 Å². The maximum absolute atomic E-state index is 12.8. The Bertz CT molecular complexity index is 322.